The van der Waals surface area contributed by atoms with Gasteiger partial charge in [0.05, 0.1) is 7.11 Å². The van der Waals surface area contributed by atoms with Crippen LogP contribution < -0.4 is 0 Å². The van der Waals surface area contributed by atoms with Crippen LogP contribution in [-0.4, -0.2) is 18.9 Å². The maximum Gasteiger partial charge on any atom is 0.330 e. The van der Waals surface area contributed by atoms with Gasteiger partial charge in [0.2, 0.25) is 0 Å². The molecular formula is C21H32O3. The van der Waals surface area contributed by atoms with E-state index in [2.05, 4.69) is 27.7 Å². The van der Waals surface area contributed by atoms with Crippen LogP contribution >= 0.6 is 0 Å². The third kappa shape index (κ3) is 3.36. The summed E-state index contributed by atoms with van der Waals surface area (Å²) in [7, 11) is 1.41. The lowest BCUT2D eigenvalue weighted by molar-refractivity contribution is -0.134. The Morgan fingerprint density at radius 1 is 1.42 bits per heavy atom. The Labute approximate surface area is 146 Å². The molecule has 4 atom stereocenters. The first-order valence-corrected chi connectivity index (χ1v) is 9.10. The predicted molar refractivity (Wildman–Crippen MR) is 96.5 cm³/mol. The monoisotopic (exact) mass is 332 g/mol. The molecular weight excluding hydrogens is 300 g/mol. The van der Waals surface area contributed by atoms with E-state index in [1.807, 2.05) is 13.0 Å². The van der Waals surface area contributed by atoms with E-state index in [1.54, 1.807) is 6.08 Å². The fourth-order valence-electron chi connectivity index (χ4n) is 4.91. The Kier molecular flexibility index (Phi) is 5.41. The first-order chi connectivity index (χ1) is 11.1. The molecule has 0 aliphatic heterocycles. The van der Waals surface area contributed by atoms with Crippen LogP contribution in [0.1, 0.15) is 66.7 Å². The molecule has 2 aliphatic carbocycles. The van der Waals surface area contributed by atoms with Crippen molar-refractivity contribution in [2.75, 3.05) is 7.11 Å². The number of carbonyl (C=O) groups excluding carboxylic acids is 2. The molecule has 0 bridgehead atoms. The highest BCUT2D eigenvalue weighted by Crippen LogP contribution is 2.61. The molecule has 3 nitrogen and oxygen atoms in total. The number of hydrogen-bond acceptors (Lipinski definition) is 3. The summed E-state index contributed by atoms with van der Waals surface area (Å²) in [5.41, 5.74) is 2.55. The van der Waals surface area contributed by atoms with Crippen molar-refractivity contribution in [2.24, 2.45) is 22.7 Å². The molecule has 1 saturated carbocycles. The van der Waals surface area contributed by atoms with Crippen molar-refractivity contribution in [1.29, 1.82) is 0 Å². The van der Waals surface area contributed by atoms with E-state index >= 15 is 0 Å². The summed E-state index contributed by atoms with van der Waals surface area (Å²) in [4.78, 5) is 23.7. The highest BCUT2D eigenvalue weighted by atomic mass is 16.5. The Hall–Kier alpha value is -1.38. The third-order valence-corrected chi connectivity index (χ3v) is 7.09. The summed E-state index contributed by atoms with van der Waals surface area (Å²) in [6.07, 6.45) is 8.37. The van der Waals surface area contributed by atoms with Crippen molar-refractivity contribution < 1.29 is 14.3 Å². The lowest BCUT2D eigenvalue weighted by atomic mass is 9.47. The average Bonchev–Trinajstić information content (AvgIpc) is 2.52. The van der Waals surface area contributed by atoms with Gasteiger partial charge in [-0.3, -0.25) is 4.79 Å². The second-order valence-corrected chi connectivity index (χ2v) is 8.43. The van der Waals surface area contributed by atoms with Crippen LogP contribution in [0.3, 0.4) is 0 Å². The lowest BCUT2D eigenvalue weighted by Gasteiger charge is -2.57. The summed E-state index contributed by atoms with van der Waals surface area (Å²) < 4.78 is 4.72. The highest BCUT2D eigenvalue weighted by Gasteiger charge is 2.54. The van der Waals surface area contributed by atoms with Gasteiger partial charge < -0.3 is 4.74 Å². The van der Waals surface area contributed by atoms with Gasteiger partial charge in [0.1, 0.15) is 0 Å². The zero-order chi connectivity index (χ0) is 18.1. The Morgan fingerprint density at radius 3 is 2.71 bits per heavy atom. The van der Waals surface area contributed by atoms with Gasteiger partial charge in [-0.2, -0.15) is 0 Å². The number of carbonyl (C=O) groups is 2. The normalized spacial score (nSPS) is 36.8. The number of esters is 1. The quantitative estimate of drug-likeness (QED) is 0.545. The summed E-state index contributed by atoms with van der Waals surface area (Å²) in [5, 5.41) is 0. The zero-order valence-electron chi connectivity index (χ0n) is 16.1. The highest BCUT2D eigenvalue weighted by molar-refractivity contribution is 5.92. The van der Waals surface area contributed by atoms with E-state index in [0.29, 0.717) is 18.3 Å². The van der Waals surface area contributed by atoms with E-state index in [-0.39, 0.29) is 22.6 Å². The maximum atomic E-state index is 12.2. The molecule has 0 N–H and O–H groups in total. The van der Waals surface area contributed by atoms with Crippen LogP contribution in [0.2, 0.25) is 0 Å². The fourth-order valence-corrected chi connectivity index (χ4v) is 4.91. The summed E-state index contributed by atoms with van der Waals surface area (Å²) in [6, 6.07) is 0. The molecule has 0 spiro atoms. The van der Waals surface area contributed by atoms with Crippen molar-refractivity contribution in [3.05, 3.63) is 23.3 Å². The number of hydrogen-bond donors (Lipinski definition) is 0. The molecule has 0 amide bonds. The second kappa shape index (κ2) is 6.85. The van der Waals surface area contributed by atoms with Crippen LogP contribution in [-0.2, 0) is 14.3 Å². The SMILES string of the molecule is COC(=O)/C=C(\C)CC[C@@]1(C)[C@H](C)CC[C@@]2(C)C(C)=CC(=O)C[C@H]12. The predicted octanol–water partition coefficient (Wildman–Crippen LogP) is 4.86. The van der Waals surface area contributed by atoms with Gasteiger partial charge >= 0.3 is 5.97 Å². The topological polar surface area (TPSA) is 43.4 Å². The van der Waals surface area contributed by atoms with Crippen LogP contribution in [0.25, 0.3) is 0 Å². The minimum atomic E-state index is -0.286. The maximum absolute atomic E-state index is 12.2. The van der Waals surface area contributed by atoms with Crippen molar-refractivity contribution in [3.63, 3.8) is 0 Å². The van der Waals surface area contributed by atoms with Crippen LogP contribution in [0.4, 0.5) is 0 Å². The lowest BCUT2D eigenvalue weighted by Crippen LogP contribution is -2.50. The molecule has 1 fully saturated rings. The number of rotatable bonds is 4. The molecule has 0 aromatic rings. The largest absolute Gasteiger partial charge is 0.466 e. The number of fused-ring (bicyclic) bond motifs is 1. The molecule has 134 valence electrons. The number of ether oxygens (including phenoxy) is 1. The van der Waals surface area contributed by atoms with Crippen molar-refractivity contribution in [2.45, 2.75) is 66.7 Å². The zero-order valence-corrected chi connectivity index (χ0v) is 16.1. The van der Waals surface area contributed by atoms with Gasteiger partial charge in [-0.1, -0.05) is 31.9 Å². The van der Waals surface area contributed by atoms with Gasteiger partial charge in [0.15, 0.2) is 5.78 Å². The van der Waals surface area contributed by atoms with Gasteiger partial charge in [-0.05, 0) is 68.3 Å². The standard InChI is InChI=1S/C21H32O3/c1-14(11-19(23)24-6)7-9-20(4)15(2)8-10-21(5)16(3)12-17(22)13-18(20)21/h11-12,15,18H,7-10,13H2,1-6H3/b14-11+/t15-,18-,20+,21+/m1/s1. The minimum absolute atomic E-state index is 0.114. The molecule has 0 aromatic heterocycles. The molecule has 0 heterocycles. The van der Waals surface area contributed by atoms with Gasteiger partial charge in [-0.15, -0.1) is 0 Å². The Balaban J connectivity index is 2.25. The summed E-state index contributed by atoms with van der Waals surface area (Å²) >= 11 is 0. The first-order valence-electron chi connectivity index (χ1n) is 9.10. The first kappa shape index (κ1) is 19.0. The molecule has 0 radical (unpaired) electrons. The van der Waals surface area contributed by atoms with Gasteiger partial charge in [0.25, 0.3) is 0 Å². The van der Waals surface area contributed by atoms with Crippen LogP contribution in [0, 0.1) is 22.7 Å². The second-order valence-electron chi connectivity index (χ2n) is 8.43. The molecule has 0 unspecified atom stereocenters. The number of ketones is 1. The van der Waals surface area contributed by atoms with E-state index in [9.17, 15) is 9.59 Å². The minimum Gasteiger partial charge on any atom is -0.466 e. The smallest absolute Gasteiger partial charge is 0.330 e. The van der Waals surface area contributed by atoms with Crippen molar-refractivity contribution >= 4 is 11.8 Å². The van der Waals surface area contributed by atoms with Crippen LogP contribution in [0.5, 0.6) is 0 Å². The van der Waals surface area contributed by atoms with Gasteiger partial charge in [-0.25, -0.2) is 4.79 Å². The van der Waals surface area contributed by atoms with Gasteiger partial charge in [0, 0.05) is 12.5 Å². The van der Waals surface area contributed by atoms with Crippen molar-refractivity contribution in [1.82, 2.24) is 0 Å². The van der Waals surface area contributed by atoms with E-state index in [4.69, 9.17) is 4.74 Å². The molecule has 0 aromatic carbocycles. The Bertz CT molecular complexity index is 586. The van der Waals surface area contributed by atoms with E-state index in [0.717, 1.165) is 18.4 Å². The molecule has 2 rings (SSSR count). The Morgan fingerprint density at radius 2 is 2.08 bits per heavy atom. The fraction of sp³-hybridized carbons (Fsp3) is 0.714. The molecule has 3 heteroatoms. The summed E-state index contributed by atoms with van der Waals surface area (Å²) in [5.74, 6) is 0.959. The van der Waals surface area contributed by atoms with Crippen molar-refractivity contribution in [3.8, 4) is 0 Å². The third-order valence-electron chi connectivity index (χ3n) is 7.09. The molecule has 2 aliphatic rings. The number of allylic oxidation sites excluding steroid dienone is 3. The number of methoxy groups -OCH3 is 1. The molecule has 0 saturated heterocycles. The van der Waals surface area contributed by atoms with E-state index in [1.165, 1.54) is 25.5 Å². The molecule has 24 heavy (non-hydrogen) atoms. The van der Waals surface area contributed by atoms with E-state index < -0.39 is 0 Å². The van der Waals surface area contributed by atoms with Crippen LogP contribution in [0.15, 0.2) is 23.3 Å². The average molecular weight is 332 g/mol. The summed E-state index contributed by atoms with van der Waals surface area (Å²) in [6.45, 7) is 11.2.